The van der Waals surface area contributed by atoms with Crippen LogP contribution in [-0.4, -0.2) is 41.4 Å². The molecule has 1 saturated heterocycles. The first-order chi connectivity index (χ1) is 12.2. The van der Waals surface area contributed by atoms with E-state index in [0.29, 0.717) is 41.4 Å². The average Bonchev–Trinajstić information content (AvgIpc) is 2.87. The van der Waals surface area contributed by atoms with Crippen molar-refractivity contribution in [1.82, 2.24) is 14.1 Å². The van der Waals surface area contributed by atoms with Crippen LogP contribution in [0.2, 0.25) is 5.02 Å². The minimum absolute atomic E-state index is 0.0629. The Morgan fingerprint density at radius 3 is 2.65 bits per heavy atom. The SMILES string of the molecule is Cc1nn(C)c(C)c1S(=O)(=O)N1CCCC(C(=O)c2cccc(Cl)c2)C1. The number of ketones is 1. The van der Waals surface area contributed by atoms with Crippen molar-refractivity contribution in [1.29, 1.82) is 0 Å². The van der Waals surface area contributed by atoms with Crippen LogP contribution >= 0.6 is 11.6 Å². The minimum atomic E-state index is -3.69. The van der Waals surface area contributed by atoms with Crippen LogP contribution in [0.4, 0.5) is 0 Å². The van der Waals surface area contributed by atoms with Crippen molar-refractivity contribution in [2.24, 2.45) is 13.0 Å². The highest BCUT2D eigenvalue weighted by molar-refractivity contribution is 7.89. The highest BCUT2D eigenvalue weighted by Crippen LogP contribution is 2.29. The molecule has 0 radical (unpaired) electrons. The molecule has 1 aliphatic rings. The maximum absolute atomic E-state index is 13.1. The fraction of sp³-hybridized carbons (Fsp3) is 0.444. The molecule has 1 aromatic carbocycles. The number of hydrogen-bond donors (Lipinski definition) is 0. The summed E-state index contributed by atoms with van der Waals surface area (Å²) < 4.78 is 29.3. The van der Waals surface area contributed by atoms with Gasteiger partial charge in [-0.25, -0.2) is 8.42 Å². The molecule has 0 N–H and O–H groups in total. The van der Waals surface area contributed by atoms with E-state index in [0.717, 1.165) is 0 Å². The molecule has 2 aromatic rings. The normalized spacial score (nSPS) is 18.8. The van der Waals surface area contributed by atoms with Crippen LogP contribution in [0.25, 0.3) is 0 Å². The summed E-state index contributed by atoms with van der Waals surface area (Å²) >= 11 is 5.98. The van der Waals surface area contributed by atoms with Crippen LogP contribution in [0.5, 0.6) is 0 Å². The third-order valence-electron chi connectivity index (χ3n) is 4.90. The first kappa shape index (κ1) is 19.1. The van der Waals surface area contributed by atoms with Gasteiger partial charge in [0.25, 0.3) is 0 Å². The molecule has 1 aliphatic heterocycles. The van der Waals surface area contributed by atoms with Gasteiger partial charge in [0.1, 0.15) is 4.90 Å². The van der Waals surface area contributed by atoms with E-state index in [1.54, 1.807) is 49.8 Å². The Bertz CT molecular complexity index is 953. The molecule has 140 valence electrons. The lowest BCUT2D eigenvalue weighted by atomic mass is 9.91. The molecular weight excluding hydrogens is 374 g/mol. The van der Waals surface area contributed by atoms with E-state index in [1.807, 2.05) is 0 Å². The minimum Gasteiger partial charge on any atom is -0.294 e. The molecule has 0 bridgehead atoms. The molecule has 2 heterocycles. The molecular formula is C18H22ClN3O3S. The van der Waals surface area contributed by atoms with E-state index in [4.69, 9.17) is 11.6 Å². The van der Waals surface area contributed by atoms with Gasteiger partial charge in [0.15, 0.2) is 5.78 Å². The van der Waals surface area contributed by atoms with Gasteiger partial charge < -0.3 is 0 Å². The van der Waals surface area contributed by atoms with Gasteiger partial charge in [-0.05, 0) is 38.8 Å². The molecule has 1 unspecified atom stereocenters. The van der Waals surface area contributed by atoms with Crippen LogP contribution < -0.4 is 0 Å². The van der Waals surface area contributed by atoms with Gasteiger partial charge in [0, 0.05) is 36.6 Å². The fourth-order valence-corrected chi connectivity index (χ4v) is 5.62. The van der Waals surface area contributed by atoms with Gasteiger partial charge in [-0.2, -0.15) is 9.40 Å². The molecule has 26 heavy (non-hydrogen) atoms. The van der Waals surface area contributed by atoms with Crippen molar-refractivity contribution < 1.29 is 13.2 Å². The second-order valence-corrected chi connectivity index (χ2v) is 9.01. The molecule has 0 spiro atoms. The predicted octanol–water partition coefficient (Wildman–Crippen LogP) is 2.97. The van der Waals surface area contributed by atoms with Crippen molar-refractivity contribution in [3.8, 4) is 0 Å². The van der Waals surface area contributed by atoms with Crippen molar-refractivity contribution in [3.63, 3.8) is 0 Å². The number of nitrogens with zero attached hydrogens (tertiary/aromatic N) is 3. The Morgan fingerprint density at radius 2 is 2.04 bits per heavy atom. The van der Waals surface area contributed by atoms with Gasteiger partial charge >= 0.3 is 0 Å². The second kappa shape index (κ2) is 7.13. The van der Waals surface area contributed by atoms with Crippen molar-refractivity contribution in [2.75, 3.05) is 13.1 Å². The Labute approximate surface area is 158 Å². The molecule has 0 aliphatic carbocycles. The predicted molar refractivity (Wildman–Crippen MR) is 99.9 cm³/mol. The highest BCUT2D eigenvalue weighted by Gasteiger charge is 2.36. The third-order valence-corrected chi connectivity index (χ3v) is 7.26. The average molecular weight is 396 g/mol. The second-order valence-electron chi connectivity index (χ2n) is 6.70. The number of halogens is 1. The standard InChI is InChI=1S/C18H22ClN3O3S/c1-12-18(13(2)21(3)20-12)26(24,25)22-9-5-7-15(11-22)17(23)14-6-4-8-16(19)10-14/h4,6,8,10,15H,5,7,9,11H2,1-3H3. The maximum atomic E-state index is 13.1. The third kappa shape index (κ3) is 3.43. The van der Waals surface area contributed by atoms with Crippen LogP contribution in [0, 0.1) is 19.8 Å². The fourth-order valence-electron chi connectivity index (χ4n) is 3.51. The largest absolute Gasteiger partial charge is 0.294 e. The monoisotopic (exact) mass is 395 g/mol. The van der Waals surface area contributed by atoms with E-state index in [2.05, 4.69) is 5.10 Å². The number of carbonyl (C=O) groups excluding carboxylic acids is 1. The quantitative estimate of drug-likeness (QED) is 0.746. The molecule has 3 rings (SSSR count). The Morgan fingerprint density at radius 1 is 1.31 bits per heavy atom. The van der Waals surface area contributed by atoms with E-state index < -0.39 is 10.0 Å². The summed E-state index contributed by atoms with van der Waals surface area (Å²) in [6, 6.07) is 6.79. The van der Waals surface area contributed by atoms with Crippen molar-refractivity contribution in [2.45, 2.75) is 31.6 Å². The van der Waals surface area contributed by atoms with E-state index >= 15 is 0 Å². The van der Waals surface area contributed by atoms with Gasteiger partial charge in [-0.3, -0.25) is 9.48 Å². The summed E-state index contributed by atoms with van der Waals surface area (Å²) in [5, 5.41) is 4.71. The highest BCUT2D eigenvalue weighted by atomic mass is 35.5. The molecule has 0 saturated carbocycles. The Balaban J connectivity index is 1.87. The molecule has 6 nitrogen and oxygen atoms in total. The molecule has 8 heteroatoms. The zero-order chi connectivity index (χ0) is 19.1. The Hall–Kier alpha value is -1.70. The van der Waals surface area contributed by atoms with Crippen LogP contribution in [0.1, 0.15) is 34.6 Å². The number of piperidine rings is 1. The number of rotatable bonds is 4. The van der Waals surface area contributed by atoms with Crippen LogP contribution in [0.3, 0.4) is 0 Å². The zero-order valence-corrected chi connectivity index (χ0v) is 16.6. The van der Waals surface area contributed by atoms with Crippen LogP contribution in [0.15, 0.2) is 29.2 Å². The summed E-state index contributed by atoms with van der Waals surface area (Å²) in [5.74, 6) is -0.429. The molecule has 1 fully saturated rings. The van der Waals surface area contributed by atoms with Gasteiger partial charge in [0.05, 0.1) is 11.4 Å². The lowest BCUT2D eigenvalue weighted by Gasteiger charge is -2.31. The smallest absolute Gasteiger partial charge is 0.246 e. The van der Waals surface area contributed by atoms with E-state index in [-0.39, 0.29) is 23.1 Å². The summed E-state index contributed by atoms with van der Waals surface area (Å²) in [4.78, 5) is 13.0. The first-order valence-corrected chi connectivity index (χ1v) is 10.3. The number of aromatic nitrogens is 2. The summed E-state index contributed by atoms with van der Waals surface area (Å²) in [6.45, 7) is 4.03. The summed E-state index contributed by atoms with van der Waals surface area (Å²) in [6.07, 6.45) is 1.32. The first-order valence-electron chi connectivity index (χ1n) is 8.52. The zero-order valence-electron chi connectivity index (χ0n) is 15.1. The van der Waals surface area contributed by atoms with E-state index in [1.165, 1.54) is 4.31 Å². The molecule has 1 aromatic heterocycles. The number of carbonyl (C=O) groups is 1. The maximum Gasteiger partial charge on any atom is 0.246 e. The van der Waals surface area contributed by atoms with E-state index in [9.17, 15) is 13.2 Å². The summed E-state index contributed by atoms with van der Waals surface area (Å²) in [5.41, 5.74) is 1.61. The number of sulfonamides is 1. The number of aryl methyl sites for hydroxylation is 2. The molecule has 0 amide bonds. The number of benzene rings is 1. The number of hydrogen-bond acceptors (Lipinski definition) is 4. The van der Waals surface area contributed by atoms with Crippen LogP contribution in [-0.2, 0) is 17.1 Å². The van der Waals surface area contributed by atoms with Crippen molar-refractivity contribution in [3.05, 3.63) is 46.2 Å². The topological polar surface area (TPSA) is 72.3 Å². The number of Topliss-reactive ketones (excluding diaryl/α,β-unsaturated/α-hetero) is 1. The van der Waals surface area contributed by atoms with Gasteiger partial charge in [0.2, 0.25) is 10.0 Å². The van der Waals surface area contributed by atoms with Crippen molar-refractivity contribution >= 4 is 27.4 Å². The molecule has 1 atom stereocenters. The van der Waals surface area contributed by atoms with Gasteiger partial charge in [-0.15, -0.1) is 0 Å². The lowest BCUT2D eigenvalue weighted by Crippen LogP contribution is -2.42. The van der Waals surface area contributed by atoms with Gasteiger partial charge in [-0.1, -0.05) is 23.7 Å². The lowest BCUT2D eigenvalue weighted by molar-refractivity contribution is 0.0872. The summed E-state index contributed by atoms with van der Waals surface area (Å²) in [7, 11) is -1.96. The Kier molecular flexibility index (Phi) is 5.23.